The molecule has 0 aliphatic rings. The van der Waals surface area contributed by atoms with Crippen molar-refractivity contribution >= 4 is 23.2 Å². The van der Waals surface area contributed by atoms with Crippen LogP contribution in [0.1, 0.15) is 16.1 Å². The summed E-state index contributed by atoms with van der Waals surface area (Å²) >= 11 is 6.10. The van der Waals surface area contributed by atoms with Gasteiger partial charge in [0.15, 0.2) is 5.76 Å². The Kier molecular flexibility index (Phi) is 5.14. The van der Waals surface area contributed by atoms with Gasteiger partial charge in [-0.2, -0.15) is 0 Å². The van der Waals surface area contributed by atoms with E-state index in [1.807, 2.05) is 0 Å². The number of carbonyl (C=O) groups excluding carboxylic acids is 1. The molecule has 2 aromatic carbocycles. The molecule has 138 valence electrons. The van der Waals surface area contributed by atoms with Crippen LogP contribution in [0, 0.1) is 10.1 Å². The van der Waals surface area contributed by atoms with Gasteiger partial charge < -0.3 is 14.4 Å². The highest BCUT2D eigenvalue weighted by atomic mass is 35.5. The Balaban J connectivity index is 1.80. The number of hydrogen-bond acceptors (Lipinski definition) is 5. The van der Waals surface area contributed by atoms with E-state index in [9.17, 15) is 20.0 Å². The van der Waals surface area contributed by atoms with Gasteiger partial charge in [0.2, 0.25) is 0 Å². The summed E-state index contributed by atoms with van der Waals surface area (Å²) < 4.78 is 5.59. The van der Waals surface area contributed by atoms with Gasteiger partial charge in [-0.15, -0.1) is 0 Å². The van der Waals surface area contributed by atoms with Crippen LogP contribution in [0.2, 0.25) is 5.02 Å². The van der Waals surface area contributed by atoms with Crippen LogP contribution in [0.3, 0.4) is 0 Å². The summed E-state index contributed by atoms with van der Waals surface area (Å²) in [6.45, 7) is 0.208. The van der Waals surface area contributed by atoms with Crippen molar-refractivity contribution in [1.29, 1.82) is 0 Å². The number of aromatic hydroxyl groups is 1. The van der Waals surface area contributed by atoms with Gasteiger partial charge in [-0.05, 0) is 24.3 Å². The van der Waals surface area contributed by atoms with E-state index in [0.717, 1.165) is 0 Å². The normalized spacial score (nSPS) is 10.6. The zero-order valence-electron chi connectivity index (χ0n) is 14.3. The summed E-state index contributed by atoms with van der Waals surface area (Å²) in [4.78, 5) is 24.2. The second kappa shape index (κ2) is 7.51. The van der Waals surface area contributed by atoms with Gasteiger partial charge in [-0.25, -0.2) is 0 Å². The molecule has 1 N–H and O–H groups in total. The summed E-state index contributed by atoms with van der Waals surface area (Å²) in [5.74, 6) is 0.157. The third kappa shape index (κ3) is 3.93. The van der Waals surface area contributed by atoms with Gasteiger partial charge in [0, 0.05) is 36.9 Å². The predicted octanol–water partition coefficient (Wildman–Crippen LogP) is 4.49. The zero-order valence-corrected chi connectivity index (χ0v) is 15.0. The number of hydrogen-bond donors (Lipinski definition) is 1. The number of halogens is 1. The second-order valence-corrected chi connectivity index (χ2v) is 6.28. The summed E-state index contributed by atoms with van der Waals surface area (Å²) in [7, 11) is 1.59. The fourth-order valence-electron chi connectivity index (χ4n) is 2.57. The summed E-state index contributed by atoms with van der Waals surface area (Å²) in [5.41, 5.74) is 0.928. The van der Waals surface area contributed by atoms with Crippen molar-refractivity contribution in [3.05, 3.63) is 81.1 Å². The first-order valence-electron chi connectivity index (χ1n) is 7.93. The number of rotatable bonds is 5. The van der Waals surface area contributed by atoms with Crippen molar-refractivity contribution in [2.24, 2.45) is 0 Å². The van der Waals surface area contributed by atoms with Gasteiger partial charge in [-0.3, -0.25) is 14.9 Å². The first-order valence-corrected chi connectivity index (χ1v) is 8.31. The Morgan fingerprint density at radius 1 is 1.22 bits per heavy atom. The summed E-state index contributed by atoms with van der Waals surface area (Å²) in [6, 6.07) is 13.9. The summed E-state index contributed by atoms with van der Waals surface area (Å²) in [6.07, 6.45) is 0. The number of nitro benzene ring substituents is 1. The maximum absolute atomic E-state index is 12.6. The molecular formula is C19H15ClN2O5. The second-order valence-electron chi connectivity index (χ2n) is 5.88. The van der Waals surface area contributed by atoms with Gasteiger partial charge in [-0.1, -0.05) is 29.8 Å². The zero-order chi connectivity index (χ0) is 19.6. The number of non-ortho nitro benzene ring substituents is 1. The van der Waals surface area contributed by atoms with Crippen molar-refractivity contribution in [3.8, 4) is 17.1 Å². The molecule has 3 aromatic rings. The Morgan fingerprint density at radius 3 is 2.63 bits per heavy atom. The van der Waals surface area contributed by atoms with Crippen LogP contribution in [-0.4, -0.2) is 27.9 Å². The third-order valence-corrected chi connectivity index (χ3v) is 4.30. The lowest BCUT2D eigenvalue weighted by molar-refractivity contribution is -0.384. The van der Waals surface area contributed by atoms with E-state index >= 15 is 0 Å². The largest absolute Gasteiger partial charge is 0.508 e. The molecule has 1 aromatic heterocycles. The standard InChI is InChI=1S/C19H15ClN2O5/c1-21(11-12-4-2-3-5-16(12)23)19(24)18-9-8-17(27-18)14-7-6-13(22(25)26)10-15(14)20/h2-10,23H,11H2,1H3. The molecule has 27 heavy (non-hydrogen) atoms. The number of nitrogens with zero attached hydrogens (tertiary/aromatic N) is 2. The van der Waals surface area contributed by atoms with Crippen LogP contribution in [0.5, 0.6) is 5.75 Å². The molecule has 1 heterocycles. The molecule has 0 bridgehead atoms. The molecule has 0 aliphatic heterocycles. The van der Waals surface area contributed by atoms with Gasteiger partial charge >= 0.3 is 0 Å². The molecule has 8 heteroatoms. The highest BCUT2D eigenvalue weighted by Crippen LogP contribution is 2.32. The minimum Gasteiger partial charge on any atom is -0.508 e. The molecule has 7 nitrogen and oxygen atoms in total. The Hall–Kier alpha value is -3.32. The molecule has 0 spiro atoms. The molecule has 1 amide bonds. The van der Waals surface area contributed by atoms with E-state index in [0.29, 0.717) is 16.9 Å². The predicted molar refractivity (Wildman–Crippen MR) is 99.7 cm³/mol. The van der Waals surface area contributed by atoms with Gasteiger partial charge in [0.25, 0.3) is 11.6 Å². The third-order valence-electron chi connectivity index (χ3n) is 3.99. The lowest BCUT2D eigenvalue weighted by Gasteiger charge is -2.16. The molecule has 0 atom stereocenters. The maximum atomic E-state index is 12.6. The quantitative estimate of drug-likeness (QED) is 0.514. The molecule has 0 radical (unpaired) electrons. The highest BCUT2D eigenvalue weighted by molar-refractivity contribution is 6.33. The first-order chi connectivity index (χ1) is 12.9. The molecule has 0 fully saturated rings. The van der Waals surface area contributed by atoms with E-state index in [4.69, 9.17) is 16.0 Å². The lowest BCUT2D eigenvalue weighted by atomic mass is 10.1. The van der Waals surface area contributed by atoms with Crippen molar-refractivity contribution in [2.45, 2.75) is 6.54 Å². The maximum Gasteiger partial charge on any atom is 0.289 e. The Bertz CT molecular complexity index is 1010. The van der Waals surface area contributed by atoms with Crippen LogP contribution in [0.15, 0.2) is 59.0 Å². The van der Waals surface area contributed by atoms with E-state index < -0.39 is 4.92 Å². The van der Waals surface area contributed by atoms with E-state index in [1.165, 1.54) is 29.2 Å². The Morgan fingerprint density at radius 2 is 1.96 bits per heavy atom. The van der Waals surface area contributed by atoms with Crippen LogP contribution in [0.25, 0.3) is 11.3 Å². The number of phenolic OH excluding ortho intramolecular Hbond substituents is 1. The Labute approximate surface area is 159 Å². The average Bonchev–Trinajstić information content (AvgIpc) is 3.12. The number of amides is 1. The van der Waals surface area contributed by atoms with Crippen molar-refractivity contribution in [2.75, 3.05) is 7.05 Å². The van der Waals surface area contributed by atoms with Crippen molar-refractivity contribution in [3.63, 3.8) is 0 Å². The van der Waals surface area contributed by atoms with E-state index in [1.54, 1.807) is 37.4 Å². The molecule has 0 saturated heterocycles. The summed E-state index contributed by atoms with van der Waals surface area (Å²) in [5, 5.41) is 20.8. The monoisotopic (exact) mass is 386 g/mol. The number of benzene rings is 2. The fraction of sp³-hybridized carbons (Fsp3) is 0.105. The topological polar surface area (TPSA) is 96.8 Å². The molecule has 0 aliphatic carbocycles. The minimum atomic E-state index is -0.541. The number of furan rings is 1. The fourth-order valence-corrected chi connectivity index (χ4v) is 2.84. The average molecular weight is 387 g/mol. The van der Waals surface area contributed by atoms with Gasteiger partial charge in [0.1, 0.15) is 11.5 Å². The number of carbonyl (C=O) groups is 1. The number of para-hydroxylation sites is 1. The first kappa shape index (κ1) is 18.5. The van der Waals surface area contributed by atoms with Crippen LogP contribution in [-0.2, 0) is 6.54 Å². The highest BCUT2D eigenvalue weighted by Gasteiger charge is 2.19. The van der Waals surface area contributed by atoms with Crippen LogP contribution in [0.4, 0.5) is 5.69 Å². The molecule has 3 rings (SSSR count). The van der Waals surface area contributed by atoms with Crippen LogP contribution < -0.4 is 0 Å². The SMILES string of the molecule is CN(Cc1ccccc1O)C(=O)c1ccc(-c2ccc([N+](=O)[O-])cc2Cl)o1. The van der Waals surface area contributed by atoms with Crippen molar-refractivity contribution < 1.29 is 19.2 Å². The van der Waals surface area contributed by atoms with E-state index in [2.05, 4.69) is 0 Å². The van der Waals surface area contributed by atoms with Crippen LogP contribution >= 0.6 is 11.6 Å². The molecular weight excluding hydrogens is 372 g/mol. The number of phenols is 1. The van der Waals surface area contributed by atoms with Crippen molar-refractivity contribution in [1.82, 2.24) is 4.90 Å². The van der Waals surface area contributed by atoms with Gasteiger partial charge in [0.05, 0.1) is 9.95 Å². The minimum absolute atomic E-state index is 0.0948. The lowest BCUT2D eigenvalue weighted by Crippen LogP contribution is -2.25. The number of nitro groups is 1. The smallest absolute Gasteiger partial charge is 0.289 e. The van der Waals surface area contributed by atoms with E-state index in [-0.39, 0.29) is 34.7 Å². The molecule has 0 unspecified atom stereocenters. The molecule has 0 saturated carbocycles.